The Kier molecular flexibility index (Phi) is 4.79. The SMILES string of the molecule is CC(CN1CCNCC1C(C)C)c1ccccc1. The van der Waals surface area contributed by atoms with Crippen molar-refractivity contribution in [2.75, 3.05) is 26.2 Å². The van der Waals surface area contributed by atoms with Gasteiger partial charge in [0.25, 0.3) is 0 Å². The Morgan fingerprint density at radius 3 is 2.61 bits per heavy atom. The summed E-state index contributed by atoms with van der Waals surface area (Å²) in [5.41, 5.74) is 1.46. The lowest BCUT2D eigenvalue weighted by molar-refractivity contribution is 0.119. The van der Waals surface area contributed by atoms with Crippen molar-refractivity contribution in [3.63, 3.8) is 0 Å². The molecule has 18 heavy (non-hydrogen) atoms. The largest absolute Gasteiger partial charge is 0.314 e. The number of nitrogens with zero attached hydrogens (tertiary/aromatic N) is 1. The Bertz CT molecular complexity index is 347. The van der Waals surface area contributed by atoms with Gasteiger partial charge in [0, 0.05) is 32.2 Å². The van der Waals surface area contributed by atoms with Gasteiger partial charge in [-0.15, -0.1) is 0 Å². The van der Waals surface area contributed by atoms with Gasteiger partial charge in [0.15, 0.2) is 0 Å². The van der Waals surface area contributed by atoms with Crippen LogP contribution in [0.15, 0.2) is 30.3 Å². The fourth-order valence-corrected chi connectivity index (χ4v) is 2.89. The predicted molar refractivity (Wildman–Crippen MR) is 77.9 cm³/mol. The summed E-state index contributed by atoms with van der Waals surface area (Å²) in [6, 6.07) is 11.6. The second-order valence-corrected chi connectivity index (χ2v) is 5.82. The minimum atomic E-state index is 0.616. The van der Waals surface area contributed by atoms with Crippen LogP contribution in [-0.4, -0.2) is 37.1 Å². The molecule has 0 spiro atoms. The van der Waals surface area contributed by atoms with Crippen LogP contribution in [0.3, 0.4) is 0 Å². The molecule has 0 aliphatic carbocycles. The maximum absolute atomic E-state index is 3.52. The summed E-state index contributed by atoms with van der Waals surface area (Å²) >= 11 is 0. The van der Waals surface area contributed by atoms with Gasteiger partial charge in [-0.3, -0.25) is 4.90 Å². The van der Waals surface area contributed by atoms with Crippen LogP contribution in [0.4, 0.5) is 0 Å². The molecule has 2 rings (SSSR count). The topological polar surface area (TPSA) is 15.3 Å². The molecule has 1 fully saturated rings. The van der Waals surface area contributed by atoms with E-state index in [2.05, 4.69) is 61.3 Å². The standard InChI is InChI=1S/C16H26N2/c1-13(2)16-11-17-9-10-18(16)12-14(3)15-7-5-4-6-8-15/h4-8,13-14,16-17H,9-12H2,1-3H3. The molecular formula is C16H26N2. The molecule has 100 valence electrons. The molecule has 2 unspecified atom stereocenters. The number of hydrogen-bond acceptors (Lipinski definition) is 2. The van der Waals surface area contributed by atoms with Gasteiger partial charge in [-0.1, -0.05) is 51.1 Å². The van der Waals surface area contributed by atoms with Crippen molar-refractivity contribution in [2.45, 2.75) is 32.7 Å². The van der Waals surface area contributed by atoms with Crippen molar-refractivity contribution in [1.82, 2.24) is 10.2 Å². The van der Waals surface area contributed by atoms with E-state index in [0.29, 0.717) is 12.0 Å². The van der Waals surface area contributed by atoms with Crippen molar-refractivity contribution >= 4 is 0 Å². The van der Waals surface area contributed by atoms with Crippen molar-refractivity contribution in [3.05, 3.63) is 35.9 Å². The summed E-state index contributed by atoms with van der Waals surface area (Å²) in [5.74, 6) is 1.34. The third-order valence-electron chi connectivity index (χ3n) is 4.04. The molecule has 0 radical (unpaired) electrons. The van der Waals surface area contributed by atoms with Gasteiger partial charge in [0.05, 0.1) is 0 Å². The van der Waals surface area contributed by atoms with Gasteiger partial charge in [-0.05, 0) is 17.4 Å². The van der Waals surface area contributed by atoms with Crippen LogP contribution < -0.4 is 5.32 Å². The highest BCUT2D eigenvalue weighted by Crippen LogP contribution is 2.20. The van der Waals surface area contributed by atoms with E-state index < -0.39 is 0 Å². The van der Waals surface area contributed by atoms with Gasteiger partial charge in [0.1, 0.15) is 0 Å². The molecule has 1 aromatic carbocycles. The van der Waals surface area contributed by atoms with Crippen molar-refractivity contribution in [1.29, 1.82) is 0 Å². The quantitative estimate of drug-likeness (QED) is 0.879. The highest BCUT2D eigenvalue weighted by Gasteiger charge is 2.25. The zero-order chi connectivity index (χ0) is 13.0. The molecular weight excluding hydrogens is 220 g/mol. The zero-order valence-electron chi connectivity index (χ0n) is 11.9. The van der Waals surface area contributed by atoms with Crippen LogP contribution in [0, 0.1) is 5.92 Å². The average molecular weight is 246 g/mol. The summed E-state index contributed by atoms with van der Waals surface area (Å²) in [7, 11) is 0. The maximum atomic E-state index is 3.52. The molecule has 1 aliphatic rings. The smallest absolute Gasteiger partial charge is 0.0244 e. The lowest BCUT2D eigenvalue weighted by Gasteiger charge is -2.40. The van der Waals surface area contributed by atoms with Crippen molar-refractivity contribution in [2.24, 2.45) is 5.92 Å². The molecule has 0 saturated carbocycles. The molecule has 0 amide bonds. The summed E-state index contributed by atoms with van der Waals surface area (Å²) < 4.78 is 0. The highest BCUT2D eigenvalue weighted by molar-refractivity contribution is 5.19. The monoisotopic (exact) mass is 246 g/mol. The van der Waals surface area contributed by atoms with Gasteiger partial charge in [-0.2, -0.15) is 0 Å². The van der Waals surface area contributed by atoms with Crippen LogP contribution in [0.2, 0.25) is 0 Å². The third kappa shape index (κ3) is 3.33. The Morgan fingerprint density at radius 1 is 1.22 bits per heavy atom. The molecule has 1 N–H and O–H groups in total. The Morgan fingerprint density at radius 2 is 1.94 bits per heavy atom. The second-order valence-electron chi connectivity index (χ2n) is 5.82. The van der Waals surface area contributed by atoms with Gasteiger partial charge < -0.3 is 5.32 Å². The third-order valence-corrected chi connectivity index (χ3v) is 4.04. The number of hydrogen-bond donors (Lipinski definition) is 1. The Hall–Kier alpha value is -0.860. The first-order valence-corrected chi connectivity index (χ1v) is 7.18. The summed E-state index contributed by atoms with van der Waals surface area (Å²) in [6.45, 7) is 11.6. The minimum Gasteiger partial charge on any atom is -0.314 e. The average Bonchev–Trinajstić information content (AvgIpc) is 2.40. The lowest BCUT2D eigenvalue weighted by Crippen LogP contribution is -2.54. The van der Waals surface area contributed by atoms with E-state index in [9.17, 15) is 0 Å². The minimum absolute atomic E-state index is 0.616. The first kappa shape index (κ1) is 13.6. The summed E-state index contributed by atoms with van der Waals surface area (Å²) in [4.78, 5) is 2.67. The number of rotatable bonds is 4. The van der Waals surface area contributed by atoms with Crippen molar-refractivity contribution in [3.8, 4) is 0 Å². The maximum Gasteiger partial charge on any atom is 0.0244 e. The van der Waals surface area contributed by atoms with Crippen LogP contribution in [0.25, 0.3) is 0 Å². The highest BCUT2D eigenvalue weighted by atomic mass is 15.2. The summed E-state index contributed by atoms with van der Waals surface area (Å²) in [5, 5.41) is 3.52. The number of nitrogens with one attached hydrogen (secondary N) is 1. The summed E-state index contributed by atoms with van der Waals surface area (Å²) in [6.07, 6.45) is 0. The normalized spacial score (nSPS) is 23.2. The molecule has 2 heteroatoms. The molecule has 2 nitrogen and oxygen atoms in total. The van der Waals surface area contributed by atoms with E-state index in [1.807, 2.05) is 0 Å². The van der Waals surface area contributed by atoms with Gasteiger partial charge in [0.2, 0.25) is 0 Å². The second kappa shape index (κ2) is 6.35. The van der Waals surface area contributed by atoms with E-state index in [1.165, 1.54) is 18.7 Å². The van der Waals surface area contributed by atoms with Crippen LogP contribution in [-0.2, 0) is 0 Å². The molecule has 1 aliphatic heterocycles. The molecule has 0 bridgehead atoms. The van der Waals surface area contributed by atoms with E-state index in [1.54, 1.807) is 0 Å². The first-order chi connectivity index (χ1) is 8.68. The molecule has 2 atom stereocenters. The first-order valence-electron chi connectivity index (χ1n) is 7.18. The Labute approximate surface area is 111 Å². The predicted octanol–water partition coefficient (Wildman–Crippen LogP) is 2.72. The van der Waals surface area contributed by atoms with Gasteiger partial charge in [-0.25, -0.2) is 0 Å². The van der Waals surface area contributed by atoms with E-state index in [4.69, 9.17) is 0 Å². The van der Waals surface area contributed by atoms with Crippen molar-refractivity contribution < 1.29 is 0 Å². The molecule has 1 aromatic rings. The molecule has 0 aromatic heterocycles. The Balaban J connectivity index is 1.99. The molecule has 1 heterocycles. The lowest BCUT2D eigenvalue weighted by atomic mass is 9.96. The van der Waals surface area contributed by atoms with E-state index in [0.717, 1.165) is 19.0 Å². The fourth-order valence-electron chi connectivity index (χ4n) is 2.89. The van der Waals surface area contributed by atoms with Crippen LogP contribution >= 0.6 is 0 Å². The number of benzene rings is 1. The van der Waals surface area contributed by atoms with Gasteiger partial charge >= 0.3 is 0 Å². The fraction of sp³-hybridized carbons (Fsp3) is 0.625. The zero-order valence-corrected chi connectivity index (χ0v) is 11.9. The number of piperazine rings is 1. The van der Waals surface area contributed by atoms with Crippen LogP contribution in [0.1, 0.15) is 32.3 Å². The molecule has 1 saturated heterocycles. The van der Waals surface area contributed by atoms with E-state index >= 15 is 0 Å². The van der Waals surface area contributed by atoms with E-state index in [-0.39, 0.29) is 0 Å². The van der Waals surface area contributed by atoms with Crippen LogP contribution in [0.5, 0.6) is 0 Å².